The van der Waals surface area contributed by atoms with Gasteiger partial charge in [0.2, 0.25) is 5.91 Å². The fourth-order valence-corrected chi connectivity index (χ4v) is 2.08. The van der Waals surface area contributed by atoms with Crippen molar-refractivity contribution >= 4 is 29.2 Å². The van der Waals surface area contributed by atoms with E-state index in [1.54, 1.807) is 18.2 Å². The summed E-state index contributed by atoms with van der Waals surface area (Å²) in [5.74, 6) is -0.901. The number of nitrogens with one attached hydrogen (secondary N) is 2. The number of hydrogen-bond donors (Lipinski definition) is 3. The van der Waals surface area contributed by atoms with Crippen LogP contribution in [0, 0.1) is 12.8 Å². The van der Waals surface area contributed by atoms with Gasteiger partial charge in [0, 0.05) is 10.7 Å². The van der Waals surface area contributed by atoms with Gasteiger partial charge in [0.05, 0.1) is 6.42 Å². The van der Waals surface area contributed by atoms with Crippen molar-refractivity contribution in [2.75, 3.05) is 11.9 Å². The molecular weight excluding hydrogens is 304 g/mol. The monoisotopic (exact) mass is 326 g/mol. The number of carboxylic acid groups (broad SMARTS) is 1. The van der Waals surface area contributed by atoms with E-state index in [4.69, 9.17) is 11.6 Å². The van der Waals surface area contributed by atoms with Crippen molar-refractivity contribution in [3.8, 4) is 0 Å². The fourth-order valence-electron chi connectivity index (χ4n) is 1.91. The van der Waals surface area contributed by atoms with Crippen molar-refractivity contribution < 1.29 is 14.7 Å². The number of carbonyl (C=O) groups is 2. The van der Waals surface area contributed by atoms with Crippen LogP contribution in [0.1, 0.15) is 32.3 Å². The third-order valence-electron chi connectivity index (χ3n) is 3.27. The van der Waals surface area contributed by atoms with Gasteiger partial charge < -0.3 is 15.7 Å². The molecule has 0 radical (unpaired) electrons. The molecule has 0 aliphatic rings. The van der Waals surface area contributed by atoms with Gasteiger partial charge in [-0.15, -0.1) is 0 Å². The standard InChI is InChI=1S/C16H23ClN2O3/c1-10(2)6-7-18-14(16(21)22)9-15(20)19-13-8-12(17)5-4-11(13)3/h4-5,8,10,14,18H,6-7,9H2,1-3H3,(H,19,20)(H,21,22). The van der Waals surface area contributed by atoms with Crippen LogP contribution in [0.25, 0.3) is 0 Å². The van der Waals surface area contributed by atoms with E-state index in [9.17, 15) is 14.7 Å². The van der Waals surface area contributed by atoms with Gasteiger partial charge >= 0.3 is 5.97 Å². The lowest BCUT2D eigenvalue weighted by molar-refractivity contribution is -0.141. The Balaban J connectivity index is 2.59. The average Bonchev–Trinajstić information content (AvgIpc) is 2.41. The van der Waals surface area contributed by atoms with Crippen LogP contribution in [-0.4, -0.2) is 29.6 Å². The summed E-state index contributed by atoms with van der Waals surface area (Å²) in [5, 5.41) is 15.3. The molecule has 0 aliphatic heterocycles. The number of carboxylic acids is 1. The van der Waals surface area contributed by atoms with E-state index >= 15 is 0 Å². The van der Waals surface area contributed by atoms with Crippen LogP contribution in [0.5, 0.6) is 0 Å². The van der Waals surface area contributed by atoms with Crippen LogP contribution in [-0.2, 0) is 9.59 Å². The number of anilines is 1. The number of hydrogen-bond acceptors (Lipinski definition) is 3. The molecule has 5 nitrogen and oxygen atoms in total. The Hall–Kier alpha value is -1.59. The zero-order valence-electron chi connectivity index (χ0n) is 13.1. The Labute approximate surface area is 136 Å². The lowest BCUT2D eigenvalue weighted by atomic mass is 10.1. The molecule has 1 aromatic carbocycles. The van der Waals surface area contributed by atoms with E-state index in [2.05, 4.69) is 24.5 Å². The van der Waals surface area contributed by atoms with E-state index in [1.165, 1.54) is 0 Å². The van der Waals surface area contributed by atoms with Crippen LogP contribution in [0.15, 0.2) is 18.2 Å². The van der Waals surface area contributed by atoms with Crippen molar-refractivity contribution in [2.24, 2.45) is 5.92 Å². The molecule has 1 unspecified atom stereocenters. The highest BCUT2D eigenvalue weighted by Crippen LogP contribution is 2.20. The largest absolute Gasteiger partial charge is 0.480 e. The minimum absolute atomic E-state index is 0.126. The summed E-state index contributed by atoms with van der Waals surface area (Å²) in [6.07, 6.45) is 0.734. The molecule has 1 rings (SSSR count). The second-order valence-corrected chi connectivity index (χ2v) is 6.18. The maximum Gasteiger partial charge on any atom is 0.321 e. The van der Waals surface area contributed by atoms with Gasteiger partial charge in [-0.05, 0) is 43.5 Å². The smallest absolute Gasteiger partial charge is 0.321 e. The fraction of sp³-hybridized carbons (Fsp3) is 0.500. The second kappa shape index (κ2) is 8.76. The third-order valence-corrected chi connectivity index (χ3v) is 3.51. The Morgan fingerprint density at radius 2 is 2.00 bits per heavy atom. The number of aliphatic carboxylic acids is 1. The van der Waals surface area contributed by atoms with Crippen molar-refractivity contribution in [1.29, 1.82) is 0 Å². The molecule has 0 aliphatic carbocycles. The topological polar surface area (TPSA) is 78.4 Å². The van der Waals surface area contributed by atoms with Gasteiger partial charge in [0.1, 0.15) is 6.04 Å². The van der Waals surface area contributed by atoms with Gasteiger partial charge in [-0.3, -0.25) is 9.59 Å². The van der Waals surface area contributed by atoms with Crippen LogP contribution in [0.4, 0.5) is 5.69 Å². The number of carbonyl (C=O) groups excluding carboxylic acids is 1. The van der Waals surface area contributed by atoms with Gasteiger partial charge in [0.25, 0.3) is 0 Å². The highest BCUT2D eigenvalue weighted by molar-refractivity contribution is 6.31. The molecule has 22 heavy (non-hydrogen) atoms. The number of aryl methyl sites for hydroxylation is 1. The molecule has 1 aromatic rings. The second-order valence-electron chi connectivity index (χ2n) is 5.74. The van der Waals surface area contributed by atoms with E-state index < -0.39 is 12.0 Å². The molecule has 122 valence electrons. The van der Waals surface area contributed by atoms with Gasteiger partial charge in [-0.25, -0.2) is 0 Å². The molecular formula is C16H23ClN2O3. The van der Waals surface area contributed by atoms with Crippen LogP contribution < -0.4 is 10.6 Å². The molecule has 1 atom stereocenters. The predicted molar refractivity (Wildman–Crippen MR) is 88.3 cm³/mol. The van der Waals surface area contributed by atoms with Crippen molar-refractivity contribution in [2.45, 2.75) is 39.7 Å². The molecule has 1 amide bonds. The van der Waals surface area contributed by atoms with Crippen molar-refractivity contribution in [1.82, 2.24) is 5.32 Å². The summed E-state index contributed by atoms with van der Waals surface area (Å²) in [5.41, 5.74) is 1.47. The third kappa shape index (κ3) is 6.45. The minimum atomic E-state index is -1.03. The summed E-state index contributed by atoms with van der Waals surface area (Å²) in [6.45, 7) is 6.54. The summed E-state index contributed by atoms with van der Waals surface area (Å²) < 4.78 is 0. The number of benzene rings is 1. The van der Waals surface area contributed by atoms with Crippen LogP contribution in [0.3, 0.4) is 0 Å². The Bertz CT molecular complexity index is 532. The zero-order chi connectivity index (χ0) is 16.7. The van der Waals surface area contributed by atoms with Crippen LogP contribution in [0.2, 0.25) is 5.02 Å². The molecule has 0 bridgehead atoms. The maximum absolute atomic E-state index is 12.0. The lowest BCUT2D eigenvalue weighted by Crippen LogP contribution is -2.40. The summed E-state index contributed by atoms with van der Waals surface area (Å²) >= 11 is 5.90. The van der Waals surface area contributed by atoms with E-state index in [0.29, 0.717) is 23.2 Å². The van der Waals surface area contributed by atoms with Crippen LogP contribution >= 0.6 is 11.6 Å². The van der Waals surface area contributed by atoms with E-state index in [-0.39, 0.29) is 12.3 Å². The number of rotatable bonds is 8. The summed E-state index contributed by atoms with van der Waals surface area (Å²) in [7, 11) is 0. The minimum Gasteiger partial charge on any atom is -0.480 e. The Kier molecular flexibility index (Phi) is 7.35. The maximum atomic E-state index is 12.0. The van der Waals surface area contributed by atoms with Gasteiger partial charge in [-0.1, -0.05) is 31.5 Å². The normalized spacial score (nSPS) is 12.2. The first-order valence-corrected chi connectivity index (χ1v) is 7.69. The Morgan fingerprint density at radius 1 is 1.32 bits per heavy atom. The summed E-state index contributed by atoms with van der Waals surface area (Å²) in [4.78, 5) is 23.3. The highest BCUT2D eigenvalue weighted by atomic mass is 35.5. The zero-order valence-corrected chi connectivity index (χ0v) is 13.9. The average molecular weight is 327 g/mol. The van der Waals surface area contributed by atoms with Gasteiger partial charge in [-0.2, -0.15) is 0 Å². The molecule has 0 heterocycles. The van der Waals surface area contributed by atoms with E-state index in [1.807, 2.05) is 6.92 Å². The molecule has 0 fully saturated rings. The predicted octanol–water partition coefficient (Wildman–Crippen LogP) is 3.07. The first-order valence-electron chi connectivity index (χ1n) is 7.31. The molecule has 3 N–H and O–H groups in total. The quantitative estimate of drug-likeness (QED) is 0.686. The van der Waals surface area contributed by atoms with Crippen molar-refractivity contribution in [3.05, 3.63) is 28.8 Å². The van der Waals surface area contributed by atoms with Crippen molar-refractivity contribution in [3.63, 3.8) is 0 Å². The number of amides is 1. The Morgan fingerprint density at radius 3 is 2.59 bits per heavy atom. The first-order chi connectivity index (χ1) is 10.3. The van der Waals surface area contributed by atoms with E-state index in [0.717, 1.165) is 12.0 Å². The van der Waals surface area contributed by atoms with Gasteiger partial charge in [0.15, 0.2) is 0 Å². The first kappa shape index (κ1) is 18.5. The molecule has 0 aromatic heterocycles. The SMILES string of the molecule is Cc1ccc(Cl)cc1NC(=O)CC(NCCC(C)C)C(=O)O. The highest BCUT2D eigenvalue weighted by Gasteiger charge is 2.21. The molecule has 6 heteroatoms. The molecule has 0 saturated heterocycles. The molecule has 0 spiro atoms. The lowest BCUT2D eigenvalue weighted by Gasteiger charge is -2.16. The molecule has 0 saturated carbocycles. The number of halogens is 1. The summed E-state index contributed by atoms with van der Waals surface area (Å²) in [6, 6.07) is 4.29.